The Morgan fingerprint density at radius 1 is 1.10 bits per heavy atom. The summed E-state index contributed by atoms with van der Waals surface area (Å²) in [5.74, 6) is 0.710. The number of aryl methyl sites for hydroxylation is 1. The first-order valence-electron chi connectivity index (χ1n) is 6.73. The van der Waals surface area contributed by atoms with Gasteiger partial charge in [-0.15, -0.1) is 0 Å². The molecule has 0 saturated carbocycles. The molecule has 0 amide bonds. The average Bonchev–Trinajstić information content (AvgIpc) is 2.94. The first-order valence-corrected chi connectivity index (χ1v) is 6.73. The summed E-state index contributed by atoms with van der Waals surface area (Å²) < 4.78 is 0. The molecule has 0 bridgehead atoms. The third kappa shape index (κ3) is 1.77. The molecule has 0 radical (unpaired) electrons. The van der Waals surface area contributed by atoms with Crippen LogP contribution >= 0.6 is 0 Å². The Morgan fingerprint density at radius 3 is 2.95 bits per heavy atom. The molecule has 0 aliphatic carbocycles. The fraction of sp³-hybridized carbons (Fsp3) is 0.188. The molecule has 1 aliphatic heterocycles. The van der Waals surface area contributed by atoms with E-state index in [1.807, 2.05) is 24.4 Å². The van der Waals surface area contributed by atoms with Crippen LogP contribution in [-0.4, -0.2) is 15.0 Å². The molecule has 98 valence electrons. The zero-order valence-corrected chi connectivity index (χ0v) is 11.2. The summed E-state index contributed by atoms with van der Waals surface area (Å²) in [6.07, 6.45) is 1.91. The Kier molecular flexibility index (Phi) is 2.50. The maximum absolute atomic E-state index is 4.69. The van der Waals surface area contributed by atoms with Gasteiger partial charge in [-0.05, 0) is 24.6 Å². The fourth-order valence-electron chi connectivity index (χ4n) is 2.65. The van der Waals surface area contributed by atoms with Gasteiger partial charge in [0.2, 0.25) is 0 Å². The van der Waals surface area contributed by atoms with Crippen molar-refractivity contribution in [1.82, 2.24) is 20.3 Å². The standard InChI is InChI=1S/C16H14N4/c1-10-6-14(19-13-5-3-2-4-12(10)13)16-18-8-11-7-17-9-15(11)20-16/h2-6,8,17H,7,9H2,1H3. The number of rotatable bonds is 1. The maximum Gasteiger partial charge on any atom is 0.178 e. The third-order valence-corrected chi connectivity index (χ3v) is 3.71. The highest BCUT2D eigenvalue weighted by molar-refractivity contribution is 5.84. The molecule has 20 heavy (non-hydrogen) atoms. The zero-order chi connectivity index (χ0) is 13.5. The van der Waals surface area contributed by atoms with E-state index in [4.69, 9.17) is 0 Å². The molecule has 1 aromatic carbocycles. The molecule has 2 aromatic heterocycles. The van der Waals surface area contributed by atoms with Crippen LogP contribution in [0.15, 0.2) is 36.5 Å². The molecule has 4 nitrogen and oxygen atoms in total. The largest absolute Gasteiger partial charge is 0.307 e. The van der Waals surface area contributed by atoms with Crippen LogP contribution in [-0.2, 0) is 13.1 Å². The van der Waals surface area contributed by atoms with Gasteiger partial charge in [0, 0.05) is 30.2 Å². The Bertz CT molecular complexity index is 811. The summed E-state index contributed by atoms with van der Waals surface area (Å²) in [5, 5.41) is 4.46. The molecule has 0 unspecified atom stereocenters. The molecule has 4 heteroatoms. The van der Waals surface area contributed by atoms with Crippen molar-refractivity contribution in [2.24, 2.45) is 0 Å². The van der Waals surface area contributed by atoms with Gasteiger partial charge in [0.05, 0.1) is 11.2 Å². The number of pyridine rings is 1. The third-order valence-electron chi connectivity index (χ3n) is 3.71. The van der Waals surface area contributed by atoms with Gasteiger partial charge in [0.15, 0.2) is 5.82 Å². The molecule has 4 rings (SSSR count). The summed E-state index contributed by atoms with van der Waals surface area (Å²) in [6.45, 7) is 3.78. The first-order chi connectivity index (χ1) is 9.81. The summed E-state index contributed by atoms with van der Waals surface area (Å²) in [6, 6.07) is 10.2. The van der Waals surface area contributed by atoms with Crippen LogP contribution in [0.3, 0.4) is 0 Å². The van der Waals surface area contributed by atoms with Crippen LogP contribution in [0.2, 0.25) is 0 Å². The van der Waals surface area contributed by atoms with Crippen LogP contribution in [0.4, 0.5) is 0 Å². The number of aromatic nitrogens is 3. The van der Waals surface area contributed by atoms with E-state index in [1.165, 1.54) is 16.5 Å². The number of nitrogens with one attached hydrogen (secondary N) is 1. The van der Waals surface area contributed by atoms with Crippen molar-refractivity contribution in [1.29, 1.82) is 0 Å². The number of nitrogens with zero attached hydrogens (tertiary/aromatic N) is 3. The lowest BCUT2D eigenvalue weighted by atomic mass is 10.1. The first kappa shape index (κ1) is 11.5. The van der Waals surface area contributed by atoms with E-state index in [0.29, 0.717) is 5.82 Å². The molecular weight excluding hydrogens is 248 g/mol. The number of hydrogen-bond donors (Lipinski definition) is 1. The van der Waals surface area contributed by atoms with Gasteiger partial charge in [-0.25, -0.2) is 15.0 Å². The molecule has 1 aliphatic rings. The second-order valence-corrected chi connectivity index (χ2v) is 5.11. The lowest BCUT2D eigenvalue weighted by molar-refractivity contribution is 0.758. The lowest BCUT2D eigenvalue weighted by Crippen LogP contribution is -2.00. The van der Waals surface area contributed by atoms with Gasteiger partial charge in [0.1, 0.15) is 5.69 Å². The fourth-order valence-corrected chi connectivity index (χ4v) is 2.65. The van der Waals surface area contributed by atoms with Gasteiger partial charge in [-0.3, -0.25) is 0 Å². The van der Waals surface area contributed by atoms with Crippen LogP contribution in [0.1, 0.15) is 16.8 Å². The summed E-state index contributed by atoms with van der Waals surface area (Å²) in [4.78, 5) is 13.8. The Morgan fingerprint density at radius 2 is 2.00 bits per heavy atom. The van der Waals surface area contributed by atoms with Crippen LogP contribution in [0, 0.1) is 6.92 Å². The minimum Gasteiger partial charge on any atom is -0.307 e. The quantitative estimate of drug-likeness (QED) is 0.732. The van der Waals surface area contributed by atoms with E-state index in [0.717, 1.165) is 30.0 Å². The monoisotopic (exact) mass is 262 g/mol. The smallest absolute Gasteiger partial charge is 0.178 e. The summed E-state index contributed by atoms with van der Waals surface area (Å²) in [7, 11) is 0. The molecule has 0 saturated heterocycles. The van der Waals surface area contributed by atoms with Crippen molar-refractivity contribution < 1.29 is 0 Å². The van der Waals surface area contributed by atoms with Crippen molar-refractivity contribution in [2.45, 2.75) is 20.0 Å². The number of fused-ring (bicyclic) bond motifs is 2. The second-order valence-electron chi connectivity index (χ2n) is 5.11. The van der Waals surface area contributed by atoms with Crippen LogP contribution in [0.5, 0.6) is 0 Å². The van der Waals surface area contributed by atoms with E-state index >= 15 is 0 Å². The van der Waals surface area contributed by atoms with Crippen molar-refractivity contribution in [3.8, 4) is 11.5 Å². The van der Waals surface area contributed by atoms with Crippen molar-refractivity contribution in [3.05, 3.63) is 53.3 Å². The predicted molar refractivity (Wildman–Crippen MR) is 78.0 cm³/mol. The zero-order valence-electron chi connectivity index (χ0n) is 11.2. The molecule has 0 atom stereocenters. The minimum atomic E-state index is 0.710. The lowest BCUT2D eigenvalue weighted by Gasteiger charge is -2.06. The summed E-state index contributed by atoms with van der Waals surface area (Å²) in [5.41, 5.74) is 5.31. The highest BCUT2D eigenvalue weighted by Crippen LogP contribution is 2.23. The van der Waals surface area contributed by atoms with E-state index in [1.54, 1.807) is 0 Å². The van der Waals surface area contributed by atoms with E-state index in [-0.39, 0.29) is 0 Å². The van der Waals surface area contributed by atoms with Crippen molar-refractivity contribution in [3.63, 3.8) is 0 Å². The molecule has 0 fully saturated rings. The Labute approximate surface area is 116 Å². The van der Waals surface area contributed by atoms with E-state index < -0.39 is 0 Å². The minimum absolute atomic E-state index is 0.710. The summed E-state index contributed by atoms with van der Waals surface area (Å²) >= 11 is 0. The van der Waals surface area contributed by atoms with Gasteiger partial charge in [-0.2, -0.15) is 0 Å². The maximum atomic E-state index is 4.69. The number of benzene rings is 1. The molecule has 3 heterocycles. The highest BCUT2D eigenvalue weighted by atomic mass is 15.0. The molecule has 0 spiro atoms. The van der Waals surface area contributed by atoms with Gasteiger partial charge < -0.3 is 5.32 Å². The molecular formula is C16H14N4. The Hall–Kier alpha value is -2.33. The van der Waals surface area contributed by atoms with Crippen LogP contribution in [0.25, 0.3) is 22.4 Å². The Balaban J connectivity index is 1.90. The predicted octanol–water partition coefficient (Wildman–Crippen LogP) is 2.60. The second kappa shape index (κ2) is 4.35. The van der Waals surface area contributed by atoms with Gasteiger partial charge >= 0.3 is 0 Å². The van der Waals surface area contributed by atoms with Crippen LogP contribution < -0.4 is 5.32 Å². The molecule has 3 aromatic rings. The highest BCUT2D eigenvalue weighted by Gasteiger charge is 2.14. The normalized spacial score (nSPS) is 13.7. The van der Waals surface area contributed by atoms with E-state index in [9.17, 15) is 0 Å². The number of para-hydroxylation sites is 1. The molecule has 1 N–H and O–H groups in total. The van der Waals surface area contributed by atoms with Crippen molar-refractivity contribution in [2.75, 3.05) is 0 Å². The number of hydrogen-bond acceptors (Lipinski definition) is 4. The topological polar surface area (TPSA) is 50.7 Å². The van der Waals surface area contributed by atoms with Gasteiger partial charge in [0.25, 0.3) is 0 Å². The average molecular weight is 262 g/mol. The van der Waals surface area contributed by atoms with Crippen molar-refractivity contribution >= 4 is 10.9 Å². The van der Waals surface area contributed by atoms with E-state index in [2.05, 4.69) is 39.3 Å². The van der Waals surface area contributed by atoms with Gasteiger partial charge in [-0.1, -0.05) is 18.2 Å². The SMILES string of the molecule is Cc1cc(-c2ncc3c(n2)CNC3)nc2ccccc12.